The minimum absolute atomic E-state index is 0.205. The molecule has 1 heterocycles. The van der Waals surface area contributed by atoms with Crippen molar-refractivity contribution in [3.05, 3.63) is 63.8 Å². The van der Waals surface area contributed by atoms with E-state index in [2.05, 4.69) is 5.10 Å². The van der Waals surface area contributed by atoms with Crippen LogP contribution in [0.5, 0.6) is 0 Å². The summed E-state index contributed by atoms with van der Waals surface area (Å²) in [6.07, 6.45) is 2.14. The molecule has 134 valence electrons. The zero-order chi connectivity index (χ0) is 18.2. The minimum Gasteiger partial charge on any atom is -0.337 e. The van der Waals surface area contributed by atoms with E-state index in [1.807, 2.05) is 19.9 Å². The number of hydrogen-bond acceptors (Lipinski definition) is 3. The Morgan fingerprint density at radius 1 is 1.16 bits per heavy atom. The van der Waals surface area contributed by atoms with Crippen LogP contribution in [0.4, 0.5) is 4.39 Å². The Kier molecular flexibility index (Phi) is 6.86. The molecular formula is C19H24FN3O2. The topological polar surface area (TPSA) is 55.2 Å². The third-order valence-electron chi connectivity index (χ3n) is 3.86. The van der Waals surface area contributed by atoms with Crippen molar-refractivity contribution in [2.24, 2.45) is 0 Å². The molecule has 1 aromatic carbocycles. The molecule has 0 saturated carbocycles. The first-order valence-corrected chi connectivity index (χ1v) is 8.67. The summed E-state index contributed by atoms with van der Waals surface area (Å²) in [6, 6.07) is 9.25. The Morgan fingerprint density at radius 2 is 1.96 bits per heavy atom. The van der Waals surface area contributed by atoms with E-state index in [9.17, 15) is 14.0 Å². The standard InChI is InChI=1S/C19H24FN3O2/c1-3-11-22(13-10-15-6-5-7-16(20)14-15)19(25)17-8-9-18(24)23(21-17)12-4-2/h5-9,14H,3-4,10-13H2,1-2H3. The zero-order valence-corrected chi connectivity index (χ0v) is 14.7. The van der Waals surface area contributed by atoms with Gasteiger partial charge in [0.2, 0.25) is 0 Å². The van der Waals surface area contributed by atoms with E-state index < -0.39 is 0 Å². The van der Waals surface area contributed by atoms with Gasteiger partial charge in [0.25, 0.3) is 11.5 Å². The molecule has 0 unspecified atom stereocenters. The molecule has 2 aromatic rings. The van der Waals surface area contributed by atoms with E-state index in [-0.39, 0.29) is 23.0 Å². The van der Waals surface area contributed by atoms with Gasteiger partial charge in [0, 0.05) is 25.7 Å². The maximum absolute atomic E-state index is 13.3. The molecule has 0 bridgehead atoms. The highest BCUT2D eigenvalue weighted by Gasteiger charge is 2.17. The highest BCUT2D eigenvalue weighted by molar-refractivity contribution is 5.92. The van der Waals surface area contributed by atoms with Gasteiger partial charge in [-0.15, -0.1) is 0 Å². The number of aromatic nitrogens is 2. The van der Waals surface area contributed by atoms with Crippen LogP contribution in [0.3, 0.4) is 0 Å². The fraction of sp³-hybridized carbons (Fsp3) is 0.421. The van der Waals surface area contributed by atoms with E-state index in [1.54, 1.807) is 11.0 Å². The smallest absolute Gasteiger partial charge is 0.274 e. The van der Waals surface area contributed by atoms with E-state index in [1.165, 1.54) is 28.9 Å². The average Bonchev–Trinajstić information content (AvgIpc) is 2.60. The number of rotatable bonds is 8. The number of aryl methyl sites for hydroxylation is 1. The Hall–Kier alpha value is -2.50. The quantitative estimate of drug-likeness (QED) is 0.739. The van der Waals surface area contributed by atoms with E-state index in [0.717, 1.165) is 18.4 Å². The lowest BCUT2D eigenvalue weighted by atomic mass is 10.1. The fourth-order valence-corrected chi connectivity index (χ4v) is 2.64. The molecule has 0 atom stereocenters. The van der Waals surface area contributed by atoms with Gasteiger partial charge in [-0.1, -0.05) is 26.0 Å². The number of amides is 1. The predicted molar refractivity (Wildman–Crippen MR) is 95.1 cm³/mol. The number of carbonyl (C=O) groups excluding carboxylic acids is 1. The molecule has 0 fully saturated rings. The molecule has 25 heavy (non-hydrogen) atoms. The lowest BCUT2D eigenvalue weighted by Gasteiger charge is -2.22. The SMILES string of the molecule is CCCN(CCc1cccc(F)c1)C(=O)c1ccc(=O)n(CCC)n1. The fourth-order valence-electron chi connectivity index (χ4n) is 2.64. The van der Waals surface area contributed by atoms with Crippen molar-refractivity contribution >= 4 is 5.91 Å². The Labute approximate surface area is 147 Å². The van der Waals surface area contributed by atoms with Gasteiger partial charge in [0.15, 0.2) is 0 Å². The van der Waals surface area contributed by atoms with Crippen LogP contribution in [0.2, 0.25) is 0 Å². The molecule has 0 aliphatic carbocycles. The van der Waals surface area contributed by atoms with Gasteiger partial charge in [-0.2, -0.15) is 5.10 Å². The van der Waals surface area contributed by atoms with Gasteiger partial charge in [-0.3, -0.25) is 9.59 Å². The minimum atomic E-state index is -0.279. The van der Waals surface area contributed by atoms with Crippen LogP contribution < -0.4 is 5.56 Å². The van der Waals surface area contributed by atoms with Crippen LogP contribution in [0.25, 0.3) is 0 Å². The van der Waals surface area contributed by atoms with Crippen molar-refractivity contribution in [3.63, 3.8) is 0 Å². The van der Waals surface area contributed by atoms with Crippen molar-refractivity contribution in [3.8, 4) is 0 Å². The first kappa shape index (κ1) is 18.8. The van der Waals surface area contributed by atoms with Gasteiger partial charge >= 0.3 is 0 Å². The maximum atomic E-state index is 13.3. The molecule has 0 aliphatic rings. The molecule has 1 amide bonds. The van der Waals surface area contributed by atoms with Crippen molar-refractivity contribution in [1.29, 1.82) is 0 Å². The molecule has 0 radical (unpaired) electrons. The number of halogens is 1. The predicted octanol–water partition coefficient (Wildman–Crippen LogP) is 2.89. The summed E-state index contributed by atoms with van der Waals surface area (Å²) in [5, 5.41) is 4.19. The van der Waals surface area contributed by atoms with Gasteiger partial charge in [-0.05, 0) is 43.0 Å². The number of nitrogens with zero attached hydrogens (tertiary/aromatic N) is 3. The number of benzene rings is 1. The summed E-state index contributed by atoms with van der Waals surface area (Å²) in [7, 11) is 0. The van der Waals surface area contributed by atoms with Crippen molar-refractivity contribution in [1.82, 2.24) is 14.7 Å². The lowest BCUT2D eigenvalue weighted by Crippen LogP contribution is -2.36. The van der Waals surface area contributed by atoms with E-state index >= 15 is 0 Å². The first-order valence-electron chi connectivity index (χ1n) is 8.67. The van der Waals surface area contributed by atoms with Gasteiger partial charge in [0.1, 0.15) is 11.5 Å². The van der Waals surface area contributed by atoms with Gasteiger partial charge in [0.05, 0.1) is 0 Å². The molecule has 0 spiro atoms. The third-order valence-corrected chi connectivity index (χ3v) is 3.86. The summed E-state index contributed by atoms with van der Waals surface area (Å²) in [4.78, 5) is 26.2. The largest absolute Gasteiger partial charge is 0.337 e. The summed E-state index contributed by atoms with van der Waals surface area (Å²) in [5.74, 6) is -0.484. The molecular weight excluding hydrogens is 321 g/mol. The van der Waals surface area contributed by atoms with Crippen LogP contribution >= 0.6 is 0 Å². The Morgan fingerprint density at radius 3 is 2.64 bits per heavy atom. The molecule has 2 rings (SSSR count). The Balaban J connectivity index is 2.14. The molecule has 5 nitrogen and oxygen atoms in total. The van der Waals surface area contributed by atoms with Crippen LogP contribution in [0.1, 0.15) is 42.7 Å². The van der Waals surface area contributed by atoms with Crippen LogP contribution in [-0.4, -0.2) is 33.7 Å². The van der Waals surface area contributed by atoms with Gasteiger partial charge < -0.3 is 4.90 Å². The molecule has 1 aromatic heterocycles. The normalized spacial score (nSPS) is 10.7. The third kappa shape index (κ3) is 5.24. The second-order valence-electron chi connectivity index (χ2n) is 5.95. The summed E-state index contributed by atoms with van der Waals surface area (Å²) in [6.45, 7) is 5.49. The maximum Gasteiger partial charge on any atom is 0.274 e. The zero-order valence-electron chi connectivity index (χ0n) is 14.7. The van der Waals surface area contributed by atoms with Crippen molar-refractivity contribution in [2.45, 2.75) is 39.7 Å². The van der Waals surface area contributed by atoms with Crippen LogP contribution in [0, 0.1) is 5.82 Å². The van der Waals surface area contributed by atoms with Crippen LogP contribution in [0.15, 0.2) is 41.2 Å². The van der Waals surface area contributed by atoms with Gasteiger partial charge in [-0.25, -0.2) is 9.07 Å². The summed E-state index contributed by atoms with van der Waals surface area (Å²) >= 11 is 0. The van der Waals surface area contributed by atoms with Crippen LogP contribution in [-0.2, 0) is 13.0 Å². The van der Waals surface area contributed by atoms with E-state index in [0.29, 0.717) is 26.1 Å². The number of hydrogen-bond donors (Lipinski definition) is 0. The number of carbonyl (C=O) groups is 1. The molecule has 0 aliphatic heterocycles. The average molecular weight is 345 g/mol. The van der Waals surface area contributed by atoms with Crippen molar-refractivity contribution < 1.29 is 9.18 Å². The molecule has 0 N–H and O–H groups in total. The summed E-state index contributed by atoms with van der Waals surface area (Å²) < 4.78 is 14.6. The lowest BCUT2D eigenvalue weighted by molar-refractivity contribution is 0.0748. The van der Waals surface area contributed by atoms with E-state index in [4.69, 9.17) is 0 Å². The highest BCUT2D eigenvalue weighted by atomic mass is 19.1. The monoisotopic (exact) mass is 345 g/mol. The molecule has 0 saturated heterocycles. The highest BCUT2D eigenvalue weighted by Crippen LogP contribution is 2.08. The second-order valence-corrected chi connectivity index (χ2v) is 5.95. The van der Waals surface area contributed by atoms with Crippen molar-refractivity contribution in [2.75, 3.05) is 13.1 Å². The summed E-state index contributed by atoms with van der Waals surface area (Å²) in [5.41, 5.74) is 0.902. The second kappa shape index (κ2) is 9.11. The Bertz CT molecular complexity index is 773. The molecule has 6 heteroatoms. The first-order chi connectivity index (χ1) is 12.0.